The summed E-state index contributed by atoms with van der Waals surface area (Å²) in [5.41, 5.74) is -0.613. The van der Waals surface area contributed by atoms with Crippen LogP contribution in [0.15, 0.2) is 0 Å². The fraction of sp³-hybridized carbons (Fsp3) is 0.727. The monoisotopic (exact) mass is 255 g/mol. The third kappa shape index (κ3) is 2.26. The lowest BCUT2D eigenvalue weighted by Gasteiger charge is -2.39. The van der Waals surface area contributed by atoms with Gasteiger partial charge < -0.3 is 10.0 Å². The first-order valence-electron chi connectivity index (χ1n) is 5.86. The first kappa shape index (κ1) is 12.3. The van der Waals surface area contributed by atoms with Gasteiger partial charge in [0.2, 0.25) is 5.13 Å². The summed E-state index contributed by atoms with van der Waals surface area (Å²) in [5, 5.41) is 19.3. The maximum Gasteiger partial charge on any atom is 0.311 e. The Morgan fingerprint density at radius 1 is 1.59 bits per heavy atom. The molecule has 6 heteroatoms. The molecule has 0 bridgehead atoms. The standard InChI is InChI=1S/C11H17N3O2S/c1-3-11(9(15)16)5-4-6-14(7-11)10-13-12-8(2)17-10/h3-7H2,1-2H3,(H,15,16). The van der Waals surface area contributed by atoms with Crippen molar-refractivity contribution in [1.29, 1.82) is 0 Å². The summed E-state index contributed by atoms with van der Waals surface area (Å²) in [4.78, 5) is 13.5. The number of aromatic nitrogens is 2. The van der Waals surface area contributed by atoms with Crippen LogP contribution in [0, 0.1) is 12.3 Å². The van der Waals surface area contributed by atoms with Crippen molar-refractivity contribution in [3.63, 3.8) is 0 Å². The van der Waals surface area contributed by atoms with Crippen LogP contribution in [0.25, 0.3) is 0 Å². The number of rotatable bonds is 3. The van der Waals surface area contributed by atoms with E-state index in [4.69, 9.17) is 0 Å². The quantitative estimate of drug-likeness (QED) is 0.894. The third-order valence-corrected chi connectivity index (χ3v) is 4.39. The molecule has 0 aliphatic carbocycles. The SMILES string of the molecule is CCC1(C(=O)O)CCCN(c2nnc(C)s2)C1. The van der Waals surface area contributed by atoms with Crippen molar-refractivity contribution in [2.75, 3.05) is 18.0 Å². The zero-order valence-electron chi connectivity index (χ0n) is 10.1. The molecule has 1 aliphatic heterocycles. The highest BCUT2D eigenvalue weighted by molar-refractivity contribution is 7.15. The van der Waals surface area contributed by atoms with E-state index in [0.717, 1.165) is 29.5 Å². The van der Waals surface area contributed by atoms with E-state index in [-0.39, 0.29) is 0 Å². The number of piperidine rings is 1. The molecule has 0 radical (unpaired) electrons. The lowest BCUT2D eigenvalue weighted by molar-refractivity contribution is -0.149. The van der Waals surface area contributed by atoms with E-state index < -0.39 is 11.4 Å². The maximum absolute atomic E-state index is 11.4. The average molecular weight is 255 g/mol. The lowest BCUT2D eigenvalue weighted by Crippen LogP contribution is -2.47. The summed E-state index contributed by atoms with van der Waals surface area (Å²) >= 11 is 1.53. The summed E-state index contributed by atoms with van der Waals surface area (Å²) < 4.78 is 0. The zero-order valence-corrected chi connectivity index (χ0v) is 11.0. The molecule has 1 fully saturated rings. The lowest BCUT2D eigenvalue weighted by atomic mass is 9.78. The van der Waals surface area contributed by atoms with Crippen molar-refractivity contribution in [3.8, 4) is 0 Å². The molecule has 1 saturated heterocycles. The predicted molar refractivity (Wildman–Crippen MR) is 66.5 cm³/mol. The fourth-order valence-corrected chi connectivity index (χ4v) is 3.04. The summed E-state index contributed by atoms with van der Waals surface area (Å²) in [6.07, 6.45) is 2.32. The number of hydrogen-bond acceptors (Lipinski definition) is 5. The normalized spacial score (nSPS) is 24.9. The second-order valence-corrected chi connectivity index (χ2v) is 5.73. The molecular formula is C11H17N3O2S. The number of carboxylic acid groups (broad SMARTS) is 1. The Bertz CT molecular complexity index is 421. The minimum absolute atomic E-state index is 0.549. The van der Waals surface area contributed by atoms with Gasteiger partial charge in [-0.1, -0.05) is 18.3 Å². The molecule has 94 valence electrons. The van der Waals surface area contributed by atoms with Gasteiger partial charge >= 0.3 is 5.97 Å². The van der Waals surface area contributed by atoms with Crippen molar-refractivity contribution in [1.82, 2.24) is 10.2 Å². The van der Waals surface area contributed by atoms with E-state index in [1.807, 2.05) is 13.8 Å². The van der Waals surface area contributed by atoms with Gasteiger partial charge in [0, 0.05) is 13.1 Å². The smallest absolute Gasteiger partial charge is 0.311 e. The predicted octanol–water partition coefficient (Wildman–Crippen LogP) is 1.93. The van der Waals surface area contributed by atoms with Crippen LogP contribution in [-0.2, 0) is 4.79 Å². The number of anilines is 1. The van der Waals surface area contributed by atoms with Crippen LogP contribution in [0.2, 0.25) is 0 Å². The fourth-order valence-electron chi connectivity index (χ4n) is 2.32. The van der Waals surface area contributed by atoms with E-state index in [2.05, 4.69) is 15.1 Å². The number of carboxylic acids is 1. The molecule has 1 N–H and O–H groups in total. The van der Waals surface area contributed by atoms with Gasteiger partial charge in [-0.05, 0) is 26.2 Å². The maximum atomic E-state index is 11.4. The van der Waals surface area contributed by atoms with Crippen molar-refractivity contribution in [2.45, 2.75) is 33.1 Å². The number of carbonyl (C=O) groups is 1. The Kier molecular flexibility index (Phi) is 3.33. The largest absolute Gasteiger partial charge is 0.481 e. The molecule has 1 aliphatic rings. The molecule has 2 rings (SSSR count). The van der Waals surface area contributed by atoms with Crippen molar-refractivity contribution in [3.05, 3.63) is 5.01 Å². The first-order valence-corrected chi connectivity index (χ1v) is 6.67. The van der Waals surface area contributed by atoms with Crippen molar-refractivity contribution < 1.29 is 9.90 Å². The second-order valence-electron chi connectivity index (χ2n) is 4.57. The minimum Gasteiger partial charge on any atom is -0.481 e. The van der Waals surface area contributed by atoms with E-state index in [9.17, 15) is 9.90 Å². The molecule has 1 aromatic heterocycles. The van der Waals surface area contributed by atoms with E-state index in [1.165, 1.54) is 11.3 Å². The van der Waals surface area contributed by atoms with Gasteiger partial charge in [-0.25, -0.2) is 0 Å². The van der Waals surface area contributed by atoms with Gasteiger partial charge in [-0.15, -0.1) is 10.2 Å². The molecule has 0 saturated carbocycles. The number of aliphatic carboxylic acids is 1. The van der Waals surface area contributed by atoms with E-state index in [1.54, 1.807) is 0 Å². The highest BCUT2D eigenvalue weighted by atomic mass is 32.1. The van der Waals surface area contributed by atoms with Crippen LogP contribution < -0.4 is 4.90 Å². The Balaban J connectivity index is 2.19. The van der Waals surface area contributed by atoms with Gasteiger partial charge in [-0.3, -0.25) is 4.79 Å². The van der Waals surface area contributed by atoms with Gasteiger partial charge in [0.05, 0.1) is 5.41 Å². The molecule has 5 nitrogen and oxygen atoms in total. The molecule has 2 heterocycles. The van der Waals surface area contributed by atoms with Crippen LogP contribution in [0.3, 0.4) is 0 Å². The van der Waals surface area contributed by atoms with Gasteiger partial charge in [0.1, 0.15) is 5.01 Å². The minimum atomic E-state index is -0.689. The van der Waals surface area contributed by atoms with E-state index >= 15 is 0 Å². The number of aryl methyl sites for hydroxylation is 1. The summed E-state index contributed by atoms with van der Waals surface area (Å²) in [5.74, 6) is -0.689. The summed E-state index contributed by atoms with van der Waals surface area (Å²) in [6, 6.07) is 0. The highest BCUT2D eigenvalue weighted by Gasteiger charge is 2.41. The summed E-state index contributed by atoms with van der Waals surface area (Å²) in [7, 11) is 0. The van der Waals surface area contributed by atoms with Crippen molar-refractivity contribution >= 4 is 22.4 Å². The Labute approximate surface area is 104 Å². The van der Waals surface area contributed by atoms with Crippen LogP contribution in [0.5, 0.6) is 0 Å². The van der Waals surface area contributed by atoms with Crippen LogP contribution >= 0.6 is 11.3 Å². The average Bonchev–Trinajstić information content (AvgIpc) is 2.76. The molecular weight excluding hydrogens is 238 g/mol. The molecule has 0 amide bonds. The topological polar surface area (TPSA) is 66.3 Å². The molecule has 1 unspecified atom stereocenters. The molecule has 1 aromatic rings. The number of hydrogen-bond donors (Lipinski definition) is 1. The summed E-state index contributed by atoms with van der Waals surface area (Å²) in [6.45, 7) is 5.29. The van der Waals surface area contributed by atoms with Crippen LogP contribution in [0.1, 0.15) is 31.2 Å². The third-order valence-electron chi connectivity index (χ3n) is 3.49. The van der Waals surface area contributed by atoms with Crippen molar-refractivity contribution in [2.24, 2.45) is 5.41 Å². The Morgan fingerprint density at radius 2 is 2.35 bits per heavy atom. The molecule has 17 heavy (non-hydrogen) atoms. The van der Waals surface area contributed by atoms with Gasteiger partial charge in [0.25, 0.3) is 0 Å². The van der Waals surface area contributed by atoms with Crippen LogP contribution in [-0.4, -0.2) is 34.4 Å². The van der Waals surface area contributed by atoms with Crippen LogP contribution in [0.4, 0.5) is 5.13 Å². The molecule has 0 aromatic carbocycles. The van der Waals surface area contributed by atoms with Gasteiger partial charge in [-0.2, -0.15) is 0 Å². The Morgan fingerprint density at radius 3 is 2.88 bits per heavy atom. The zero-order chi connectivity index (χ0) is 12.5. The highest BCUT2D eigenvalue weighted by Crippen LogP contribution is 2.36. The molecule has 1 atom stereocenters. The molecule has 0 spiro atoms. The second kappa shape index (κ2) is 4.60. The van der Waals surface area contributed by atoms with E-state index in [0.29, 0.717) is 13.0 Å². The van der Waals surface area contributed by atoms with Gasteiger partial charge in [0.15, 0.2) is 0 Å². The first-order chi connectivity index (χ1) is 8.07. The number of nitrogens with zero attached hydrogens (tertiary/aromatic N) is 3. The Hall–Kier alpha value is -1.17.